The minimum atomic E-state index is -0.620. The molecule has 0 radical (unpaired) electrons. The van der Waals surface area contributed by atoms with Gasteiger partial charge in [0.25, 0.3) is 5.56 Å². The van der Waals surface area contributed by atoms with Crippen LogP contribution in [-0.2, 0) is 6.42 Å². The van der Waals surface area contributed by atoms with Crippen molar-refractivity contribution in [1.29, 1.82) is 0 Å². The van der Waals surface area contributed by atoms with Crippen LogP contribution in [0.2, 0.25) is 0 Å². The standard InChI is InChI=1S/C23H30N4O4/c1-6-7-8-9-17(15(3)28)22-24-14(2)21-23(29)25-20(26-27(21)22)13-16-10-11-18(30-4)19(12-16)31-5/h6,10-12,15,17,28H,1,7-9,13H2,2-5H3,(H,25,26,29). The maximum absolute atomic E-state index is 12.8. The number of methoxy groups -OCH3 is 2. The Labute approximate surface area is 181 Å². The van der Waals surface area contributed by atoms with Crippen LogP contribution in [0.5, 0.6) is 11.5 Å². The molecule has 0 fully saturated rings. The number of aliphatic hydroxyl groups excluding tert-OH is 1. The fourth-order valence-electron chi connectivity index (χ4n) is 3.81. The summed E-state index contributed by atoms with van der Waals surface area (Å²) in [5.74, 6) is 2.11. The number of benzene rings is 1. The predicted octanol–water partition coefficient (Wildman–Crippen LogP) is 3.15. The molecule has 0 saturated carbocycles. The minimum Gasteiger partial charge on any atom is -0.493 e. The van der Waals surface area contributed by atoms with E-state index in [1.165, 1.54) is 0 Å². The fourth-order valence-corrected chi connectivity index (χ4v) is 3.81. The Kier molecular flexibility index (Phi) is 7.12. The van der Waals surface area contributed by atoms with Crippen molar-refractivity contribution < 1.29 is 14.6 Å². The maximum atomic E-state index is 12.8. The van der Waals surface area contributed by atoms with Gasteiger partial charge in [-0.05, 0) is 50.8 Å². The lowest BCUT2D eigenvalue weighted by Gasteiger charge is -2.18. The average molecular weight is 427 g/mol. The summed E-state index contributed by atoms with van der Waals surface area (Å²) in [6, 6.07) is 5.58. The van der Waals surface area contributed by atoms with E-state index in [4.69, 9.17) is 9.47 Å². The molecule has 0 aliphatic heterocycles. The topological polar surface area (TPSA) is 102 Å². The van der Waals surface area contributed by atoms with Gasteiger partial charge in [0.05, 0.1) is 26.0 Å². The summed E-state index contributed by atoms with van der Waals surface area (Å²) in [6.07, 6.45) is 4.08. The Morgan fingerprint density at radius 1 is 1.29 bits per heavy atom. The van der Waals surface area contributed by atoms with E-state index >= 15 is 0 Å². The van der Waals surface area contributed by atoms with Crippen molar-refractivity contribution in [3.05, 3.63) is 64.1 Å². The van der Waals surface area contributed by atoms with Gasteiger partial charge in [0.1, 0.15) is 11.6 Å². The van der Waals surface area contributed by atoms with Crippen molar-refractivity contribution in [3.63, 3.8) is 0 Å². The van der Waals surface area contributed by atoms with Crippen LogP contribution < -0.4 is 15.0 Å². The van der Waals surface area contributed by atoms with Crippen LogP contribution in [0.1, 0.15) is 55.0 Å². The van der Waals surface area contributed by atoms with Gasteiger partial charge in [0.15, 0.2) is 17.0 Å². The van der Waals surface area contributed by atoms with E-state index in [0.29, 0.717) is 40.8 Å². The Balaban J connectivity index is 2.02. The van der Waals surface area contributed by atoms with Crippen molar-refractivity contribution >= 4 is 5.52 Å². The molecule has 3 aromatic rings. The second kappa shape index (κ2) is 9.78. The number of imidazole rings is 1. The van der Waals surface area contributed by atoms with Crippen molar-refractivity contribution in [2.45, 2.75) is 51.6 Å². The number of aromatic nitrogens is 4. The third-order valence-electron chi connectivity index (χ3n) is 5.40. The summed E-state index contributed by atoms with van der Waals surface area (Å²) in [4.78, 5) is 20.3. The highest BCUT2D eigenvalue weighted by Crippen LogP contribution is 2.29. The smallest absolute Gasteiger partial charge is 0.277 e. The average Bonchev–Trinajstić information content (AvgIpc) is 3.07. The van der Waals surface area contributed by atoms with Gasteiger partial charge in [-0.1, -0.05) is 12.1 Å². The number of hydrogen-bond acceptors (Lipinski definition) is 6. The van der Waals surface area contributed by atoms with E-state index in [2.05, 4.69) is 21.6 Å². The molecule has 2 unspecified atom stereocenters. The van der Waals surface area contributed by atoms with E-state index in [0.717, 1.165) is 24.8 Å². The largest absolute Gasteiger partial charge is 0.493 e. The molecule has 1 aromatic carbocycles. The first-order chi connectivity index (χ1) is 14.9. The van der Waals surface area contributed by atoms with Gasteiger partial charge in [-0.15, -0.1) is 6.58 Å². The van der Waals surface area contributed by atoms with Crippen molar-refractivity contribution in [3.8, 4) is 11.5 Å². The lowest BCUT2D eigenvalue weighted by molar-refractivity contribution is 0.151. The lowest BCUT2D eigenvalue weighted by Crippen LogP contribution is -2.22. The molecule has 0 aliphatic rings. The number of fused-ring (bicyclic) bond motifs is 1. The number of nitrogens with zero attached hydrogens (tertiary/aromatic N) is 3. The van der Waals surface area contributed by atoms with E-state index in [-0.39, 0.29) is 11.5 Å². The Morgan fingerprint density at radius 3 is 2.68 bits per heavy atom. The minimum absolute atomic E-state index is 0.232. The van der Waals surface area contributed by atoms with Crippen LogP contribution in [0.15, 0.2) is 35.6 Å². The second-order valence-electron chi connectivity index (χ2n) is 7.65. The number of hydrogen-bond donors (Lipinski definition) is 2. The summed E-state index contributed by atoms with van der Waals surface area (Å²) in [6.45, 7) is 7.28. The quantitative estimate of drug-likeness (QED) is 0.381. The van der Waals surface area contributed by atoms with Gasteiger partial charge in [-0.2, -0.15) is 5.10 Å². The molecule has 2 aromatic heterocycles. The van der Waals surface area contributed by atoms with Crippen LogP contribution >= 0.6 is 0 Å². The molecular weight excluding hydrogens is 396 g/mol. The summed E-state index contributed by atoms with van der Waals surface area (Å²) in [5.41, 5.74) is 1.66. The number of rotatable bonds is 10. The summed E-state index contributed by atoms with van der Waals surface area (Å²) < 4.78 is 12.2. The van der Waals surface area contributed by atoms with Crippen LogP contribution in [-0.4, -0.2) is 45.0 Å². The molecule has 0 aliphatic carbocycles. The normalized spacial score (nSPS) is 13.2. The molecule has 0 saturated heterocycles. The van der Waals surface area contributed by atoms with Gasteiger partial charge in [0, 0.05) is 12.3 Å². The van der Waals surface area contributed by atoms with Gasteiger partial charge in [0.2, 0.25) is 0 Å². The Bertz CT molecular complexity index is 1120. The first kappa shape index (κ1) is 22.6. The number of unbranched alkanes of at least 4 members (excludes halogenated alkanes) is 1. The molecule has 31 heavy (non-hydrogen) atoms. The van der Waals surface area contributed by atoms with Crippen LogP contribution in [0.3, 0.4) is 0 Å². The molecule has 3 rings (SSSR count). The number of allylic oxidation sites excluding steroid dienone is 1. The third kappa shape index (κ3) is 4.80. The molecule has 2 atom stereocenters. The number of nitrogens with one attached hydrogen (secondary N) is 1. The number of aliphatic hydroxyl groups is 1. The van der Waals surface area contributed by atoms with Crippen molar-refractivity contribution in [2.75, 3.05) is 14.2 Å². The molecule has 0 spiro atoms. The van der Waals surface area contributed by atoms with E-state index in [1.807, 2.05) is 24.3 Å². The predicted molar refractivity (Wildman–Crippen MR) is 119 cm³/mol. The highest BCUT2D eigenvalue weighted by molar-refractivity contribution is 5.50. The zero-order valence-electron chi connectivity index (χ0n) is 18.5. The highest BCUT2D eigenvalue weighted by Gasteiger charge is 2.25. The molecule has 8 nitrogen and oxygen atoms in total. The maximum Gasteiger partial charge on any atom is 0.277 e. The zero-order chi connectivity index (χ0) is 22.5. The SMILES string of the molecule is C=CCCCC(c1nc(C)c2c(=O)[nH]c(Cc3ccc(OC)c(OC)c3)nn12)C(C)O. The van der Waals surface area contributed by atoms with Gasteiger partial charge >= 0.3 is 0 Å². The summed E-state index contributed by atoms with van der Waals surface area (Å²) in [5, 5.41) is 15.1. The number of H-pyrrole nitrogens is 1. The van der Waals surface area contributed by atoms with Crippen LogP contribution in [0.4, 0.5) is 0 Å². The molecular formula is C23H30N4O4. The van der Waals surface area contributed by atoms with Gasteiger partial charge < -0.3 is 19.6 Å². The number of aromatic amines is 1. The van der Waals surface area contributed by atoms with Gasteiger partial charge in [-0.25, -0.2) is 9.50 Å². The lowest BCUT2D eigenvalue weighted by atomic mass is 9.96. The van der Waals surface area contributed by atoms with Crippen LogP contribution in [0, 0.1) is 6.92 Å². The molecule has 0 bridgehead atoms. The molecule has 8 heteroatoms. The highest BCUT2D eigenvalue weighted by atomic mass is 16.5. The molecule has 2 N–H and O–H groups in total. The third-order valence-corrected chi connectivity index (χ3v) is 5.40. The molecule has 166 valence electrons. The fraction of sp³-hybridized carbons (Fsp3) is 0.435. The molecule has 2 heterocycles. The Morgan fingerprint density at radius 2 is 2.03 bits per heavy atom. The summed E-state index contributed by atoms with van der Waals surface area (Å²) >= 11 is 0. The monoisotopic (exact) mass is 426 g/mol. The van der Waals surface area contributed by atoms with Crippen LogP contribution in [0.25, 0.3) is 5.52 Å². The van der Waals surface area contributed by atoms with Gasteiger partial charge in [-0.3, -0.25) is 4.79 Å². The first-order valence-corrected chi connectivity index (χ1v) is 10.4. The van der Waals surface area contributed by atoms with E-state index in [9.17, 15) is 9.90 Å². The van der Waals surface area contributed by atoms with E-state index < -0.39 is 6.10 Å². The first-order valence-electron chi connectivity index (χ1n) is 10.4. The number of ether oxygens (including phenoxy) is 2. The molecule has 0 amide bonds. The van der Waals surface area contributed by atoms with E-state index in [1.54, 1.807) is 32.6 Å². The second-order valence-corrected chi connectivity index (χ2v) is 7.65. The zero-order valence-corrected chi connectivity index (χ0v) is 18.5. The summed E-state index contributed by atoms with van der Waals surface area (Å²) in [7, 11) is 3.16. The van der Waals surface area contributed by atoms with Crippen molar-refractivity contribution in [2.24, 2.45) is 0 Å². The Hall–Kier alpha value is -3.13. The number of aryl methyl sites for hydroxylation is 1. The van der Waals surface area contributed by atoms with Crippen molar-refractivity contribution in [1.82, 2.24) is 19.6 Å².